The average Bonchev–Trinajstić information content (AvgIpc) is 3.79. The first kappa shape index (κ1) is 26.0. The lowest BCUT2D eigenvalue weighted by Gasteiger charge is -2.32. The summed E-state index contributed by atoms with van der Waals surface area (Å²) in [5.74, 6) is 0.00670. The fourth-order valence-electron chi connectivity index (χ4n) is 4.96. The molecule has 7 nitrogen and oxygen atoms in total. The molecular weight excluding hydrogens is 533 g/mol. The zero-order valence-electron chi connectivity index (χ0n) is 21.6. The van der Waals surface area contributed by atoms with Gasteiger partial charge in [-0.1, -0.05) is 29.3 Å². The number of pyridine rings is 2. The first-order valence-corrected chi connectivity index (χ1v) is 13.9. The molecule has 0 unspecified atom stereocenters. The SMILES string of the molecule is CN1CCN(Cc2ccc(Nc3c(C(=O)C4CC4)cnc4ccc(-c5cc(Cl)c(O)c(Cl)c5)cc34)cn2)CC1. The second kappa shape index (κ2) is 10.7. The third-order valence-electron chi connectivity index (χ3n) is 7.51. The van der Waals surface area contributed by atoms with E-state index in [-0.39, 0.29) is 27.5 Å². The topological polar surface area (TPSA) is 81.6 Å². The van der Waals surface area contributed by atoms with Gasteiger partial charge in [-0.3, -0.25) is 19.7 Å². The van der Waals surface area contributed by atoms with Crippen LogP contribution in [0.1, 0.15) is 28.9 Å². The molecule has 2 aliphatic rings. The Kier molecular flexibility index (Phi) is 7.16. The number of nitrogens with one attached hydrogen (secondary N) is 1. The van der Waals surface area contributed by atoms with Crippen LogP contribution in [0.15, 0.2) is 54.9 Å². The molecule has 1 saturated heterocycles. The van der Waals surface area contributed by atoms with Crippen LogP contribution in [-0.2, 0) is 6.54 Å². The molecule has 3 heterocycles. The van der Waals surface area contributed by atoms with Crippen molar-refractivity contribution in [2.24, 2.45) is 5.92 Å². The highest BCUT2D eigenvalue weighted by atomic mass is 35.5. The van der Waals surface area contributed by atoms with E-state index in [0.29, 0.717) is 11.3 Å². The predicted octanol–water partition coefficient (Wildman–Crippen LogP) is 6.39. The number of piperazine rings is 1. The first-order chi connectivity index (χ1) is 18.9. The summed E-state index contributed by atoms with van der Waals surface area (Å²) < 4.78 is 0. The number of rotatable bonds is 7. The number of likely N-dealkylation sites (N-methyl/N-ethyl adjacent to an activating group) is 1. The van der Waals surface area contributed by atoms with Crippen molar-refractivity contribution in [3.05, 3.63) is 76.2 Å². The highest BCUT2D eigenvalue weighted by molar-refractivity contribution is 6.37. The molecule has 2 aromatic heterocycles. The second-order valence-corrected chi connectivity index (χ2v) is 11.3. The van der Waals surface area contributed by atoms with E-state index in [1.165, 1.54) is 0 Å². The highest BCUT2D eigenvalue weighted by Gasteiger charge is 2.32. The third-order valence-corrected chi connectivity index (χ3v) is 8.08. The maximum Gasteiger partial charge on any atom is 0.169 e. The molecule has 0 radical (unpaired) electrons. The van der Waals surface area contributed by atoms with E-state index in [1.807, 2.05) is 36.5 Å². The number of benzene rings is 2. The van der Waals surface area contributed by atoms with Gasteiger partial charge >= 0.3 is 0 Å². The van der Waals surface area contributed by atoms with Crippen LogP contribution < -0.4 is 5.32 Å². The number of hydrogen-bond acceptors (Lipinski definition) is 7. The number of halogens is 2. The Morgan fingerprint density at radius 3 is 2.38 bits per heavy atom. The number of aromatic hydroxyl groups is 1. The van der Waals surface area contributed by atoms with Gasteiger partial charge in [0, 0.05) is 50.2 Å². The molecule has 1 aliphatic carbocycles. The zero-order chi connectivity index (χ0) is 27.1. The number of hydrogen-bond donors (Lipinski definition) is 2. The van der Waals surface area contributed by atoms with Gasteiger partial charge in [0.2, 0.25) is 0 Å². The average molecular weight is 563 g/mol. The second-order valence-electron chi connectivity index (χ2n) is 10.4. The van der Waals surface area contributed by atoms with Gasteiger partial charge in [0.25, 0.3) is 0 Å². The summed E-state index contributed by atoms with van der Waals surface area (Å²) in [6, 6.07) is 13.2. The monoisotopic (exact) mass is 561 g/mol. The van der Waals surface area contributed by atoms with Gasteiger partial charge in [0.05, 0.1) is 44.4 Å². The minimum atomic E-state index is -0.146. The van der Waals surface area contributed by atoms with Crippen LogP contribution in [0.2, 0.25) is 10.0 Å². The Labute approximate surface area is 237 Å². The van der Waals surface area contributed by atoms with Crippen molar-refractivity contribution in [3.8, 4) is 16.9 Å². The minimum Gasteiger partial charge on any atom is -0.505 e. The number of Topliss-reactive ketones (excluding diaryl/α,β-unsaturated/α-hetero) is 1. The molecule has 39 heavy (non-hydrogen) atoms. The third kappa shape index (κ3) is 5.58. The molecule has 0 amide bonds. The number of ketones is 1. The number of fused-ring (bicyclic) bond motifs is 1. The molecule has 1 aliphatic heterocycles. The van der Waals surface area contributed by atoms with Crippen molar-refractivity contribution in [3.63, 3.8) is 0 Å². The van der Waals surface area contributed by atoms with Crippen LogP contribution in [0, 0.1) is 5.92 Å². The molecule has 6 rings (SSSR count). The number of aromatic nitrogens is 2. The Hall–Kier alpha value is -3.23. The van der Waals surface area contributed by atoms with E-state index in [2.05, 4.69) is 27.1 Å². The fourth-order valence-corrected chi connectivity index (χ4v) is 5.45. The normalized spacial score (nSPS) is 16.5. The molecule has 200 valence electrons. The smallest absolute Gasteiger partial charge is 0.169 e. The Morgan fingerprint density at radius 2 is 1.72 bits per heavy atom. The van der Waals surface area contributed by atoms with Gasteiger partial charge in [0.1, 0.15) is 0 Å². The summed E-state index contributed by atoms with van der Waals surface area (Å²) in [6.07, 6.45) is 5.31. The standard InChI is InChI=1S/C30H29Cl2N5O2/c1-36-8-10-37(11-9-36)17-22-6-5-21(15-33-22)35-28-23-12-19(20-13-25(31)30(39)26(32)14-20)4-7-27(23)34-16-24(28)29(38)18-2-3-18/h4-7,12-16,18,39H,2-3,8-11,17H2,1H3,(H,34,35). The van der Waals surface area contributed by atoms with Crippen molar-refractivity contribution in [1.29, 1.82) is 0 Å². The van der Waals surface area contributed by atoms with Crippen molar-refractivity contribution < 1.29 is 9.90 Å². The minimum absolute atomic E-state index is 0.0479. The zero-order valence-corrected chi connectivity index (χ0v) is 23.1. The van der Waals surface area contributed by atoms with Gasteiger partial charge in [-0.15, -0.1) is 0 Å². The molecule has 2 aromatic carbocycles. The largest absolute Gasteiger partial charge is 0.505 e. The Morgan fingerprint density at radius 1 is 0.974 bits per heavy atom. The molecule has 9 heteroatoms. The summed E-state index contributed by atoms with van der Waals surface area (Å²) in [5.41, 5.74) is 5.45. The lowest BCUT2D eigenvalue weighted by Crippen LogP contribution is -2.43. The van der Waals surface area contributed by atoms with Crippen molar-refractivity contribution in [2.45, 2.75) is 19.4 Å². The van der Waals surface area contributed by atoms with Crippen LogP contribution in [0.5, 0.6) is 5.75 Å². The molecular formula is C30H29Cl2N5O2. The van der Waals surface area contributed by atoms with E-state index in [1.54, 1.807) is 18.3 Å². The van der Waals surface area contributed by atoms with E-state index in [0.717, 1.165) is 79.0 Å². The van der Waals surface area contributed by atoms with Crippen LogP contribution in [0.3, 0.4) is 0 Å². The molecule has 0 spiro atoms. The number of nitrogens with zero attached hydrogens (tertiary/aromatic N) is 4. The van der Waals surface area contributed by atoms with Gasteiger partial charge < -0.3 is 15.3 Å². The summed E-state index contributed by atoms with van der Waals surface area (Å²) in [5, 5.41) is 14.7. The first-order valence-electron chi connectivity index (χ1n) is 13.1. The van der Waals surface area contributed by atoms with Crippen LogP contribution in [0.4, 0.5) is 11.4 Å². The maximum absolute atomic E-state index is 13.3. The van der Waals surface area contributed by atoms with Crippen molar-refractivity contribution >= 4 is 51.3 Å². The maximum atomic E-state index is 13.3. The summed E-state index contributed by atoms with van der Waals surface area (Å²) in [4.78, 5) is 27.4. The van der Waals surface area contributed by atoms with Crippen molar-refractivity contribution in [1.82, 2.24) is 19.8 Å². The molecule has 0 bridgehead atoms. The number of carbonyl (C=O) groups is 1. The van der Waals surface area contributed by atoms with Gasteiger partial charge in [-0.05, 0) is 67.4 Å². The highest BCUT2D eigenvalue weighted by Crippen LogP contribution is 2.40. The van der Waals surface area contributed by atoms with Gasteiger partial charge in [-0.2, -0.15) is 0 Å². The molecule has 4 aromatic rings. The van der Waals surface area contributed by atoms with Crippen LogP contribution in [-0.4, -0.2) is 63.9 Å². The van der Waals surface area contributed by atoms with E-state index in [4.69, 9.17) is 28.2 Å². The lowest BCUT2D eigenvalue weighted by molar-refractivity contribution is 0.0968. The summed E-state index contributed by atoms with van der Waals surface area (Å²) in [7, 11) is 2.15. The van der Waals surface area contributed by atoms with Crippen LogP contribution >= 0.6 is 23.2 Å². The number of anilines is 2. The van der Waals surface area contributed by atoms with E-state index < -0.39 is 0 Å². The quantitative estimate of drug-likeness (QED) is 0.253. The van der Waals surface area contributed by atoms with E-state index >= 15 is 0 Å². The van der Waals surface area contributed by atoms with Gasteiger partial charge in [-0.25, -0.2) is 0 Å². The lowest BCUT2D eigenvalue weighted by atomic mass is 9.99. The van der Waals surface area contributed by atoms with Gasteiger partial charge in [0.15, 0.2) is 11.5 Å². The molecule has 0 atom stereocenters. The summed E-state index contributed by atoms with van der Waals surface area (Å²) >= 11 is 12.4. The number of carbonyl (C=O) groups excluding carboxylic acids is 1. The number of phenols is 1. The summed E-state index contributed by atoms with van der Waals surface area (Å²) in [6.45, 7) is 5.02. The van der Waals surface area contributed by atoms with E-state index in [9.17, 15) is 9.90 Å². The number of phenolic OH excluding ortho intramolecular Hbond substituents is 1. The molecule has 2 fully saturated rings. The molecule has 1 saturated carbocycles. The predicted molar refractivity (Wildman–Crippen MR) is 156 cm³/mol. The molecule has 2 N–H and O–H groups in total. The Bertz CT molecular complexity index is 1520. The van der Waals surface area contributed by atoms with Crippen LogP contribution in [0.25, 0.3) is 22.0 Å². The fraction of sp³-hybridized carbons (Fsp3) is 0.300. The van der Waals surface area contributed by atoms with Crippen molar-refractivity contribution in [2.75, 3.05) is 38.5 Å². The Balaban J connectivity index is 1.35.